The molecule has 2 atom stereocenters. The summed E-state index contributed by atoms with van der Waals surface area (Å²) in [6, 6.07) is 11.4. The van der Waals surface area contributed by atoms with E-state index in [1.165, 1.54) is 0 Å². The van der Waals surface area contributed by atoms with Crippen LogP contribution in [0, 0.1) is 5.41 Å². The first-order valence-corrected chi connectivity index (χ1v) is 12.6. The van der Waals surface area contributed by atoms with Crippen molar-refractivity contribution >= 4 is 75.5 Å². The Morgan fingerprint density at radius 1 is 0.710 bits per heavy atom. The van der Waals surface area contributed by atoms with Gasteiger partial charge in [-0.1, -0.05) is 63.7 Å². The summed E-state index contributed by atoms with van der Waals surface area (Å²) in [7, 11) is 0. The standard InChI is InChI=1S/C21H20Br4N2O4/c22-13-5-11(6-14(23)9-13)17-18(12-7-15(24)10-16(25)8-12)21(17,19(30)26-1-3-28)20(31)27-2-4-29/h5-10,17-18,28-29H,1-4H2,(H,26,30)(H,27,31)/t17-,18-/m0/s1. The van der Waals surface area contributed by atoms with Crippen molar-refractivity contribution < 1.29 is 19.8 Å². The summed E-state index contributed by atoms with van der Waals surface area (Å²) >= 11 is 14.0. The summed E-state index contributed by atoms with van der Waals surface area (Å²) in [5.74, 6) is -1.81. The first-order chi connectivity index (χ1) is 14.7. The van der Waals surface area contributed by atoms with E-state index >= 15 is 0 Å². The molecule has 166 valence electrons. The van der Waals surface area contributed by atoms with Crippen LogP contribution in [0.4, 0.5) is 0 Å². The molecular formula is C21H20Br4N2O4. The maximum atomic E-state index is 13.4. The van der Waals surface area contributed by atoms with Crippen molar-refractivity contribution in [3.05, 3.63) is 65.4 Å². The van der Waals surface area contributed by atoms with E-state index in [9.17, 15) is 19.8 Å². The van der Waals surface area contributed by atoms with E-state index in [1.807, 2.05) is 36.4 Å². The van der Waals surface area contributed by atoms with E-state index in [0.29, 0.717) is 0 Å². The van der Waals surface area contributed by atoms with E-state index in [-0.39, 0.29) is 26.3 Å². The zero-order valence-corrected chi connectivity index (χ0v) is 22.5. The Morgan fingerprint density at radius 2 is 1.03 bits per heavy atom. The second-order valence-corrected chi connectivity index (χ2v) is 10.9. The summed E-state index contributed by atoms with van der Waals surface area (Å²) in [4.78, 5) is 26.8. The van der Waals surface area contributed by atoms with Crippen molar-refractivity contribution in [2.24, 2.45) is 5.41 Å². The minimum Gasteiger partial charge on any atom is -0.395 e. The topological polar surface area (TPSA) is 98.7 Å². The van der Waals surface area contributed by atoms with Crippen LogP contribution in [0.3, 0.4) is 0 Å². The lowest BCUT2D eigenvalue weighted by molar-refractivity contribution is -0.138. The van der Waals surface area contributed by atoms with Gasteiger partial charge in [0.2, 0.25) is 11.8 Å². The number of carbonyl (C=O) groups is 2. The lowest BCUT2D eigenvalue weighted by Crippen LogP contribution is -2.46. The van der Waals surface area contributed by atoms with Gasteiger partial charge < -0.3 is 20.8 Å². The molecule has 2 amide bonds. The fourth-order valence-corrected chi connectivity index (χ4v) is 6.77. The summed E-state index contributed by atoms with van der Waals surface area (Å²) in [5.41, 5.74) is 0.214. The average molecular weight is 684 g/mol. The molecule has 10 heteroatoms. The predicted molar refractivity (Wildman–Crippen MR) is 132 cm³/mol. The molecule has 31 heavy (non-hydrogen) atoms. The van der Waals surface area contributed by atoms with Gasteiger partial charge in [-0.05, 0) is 47.5 Å². The first-order valence-electron chi connectivity index (χ1n) is 9.46. The van der Waals surface area contributed by atoms with E-state index < -0.39 is 29.1 Å². The Hall–Kier alpha value is -0.780. The molecule has 1 aliphatic rings. The van der Waals surface area contributed by atoms with Crippen LogP contribution < -0.4 is 10.6 Å². The van der Waals surface area contributed by atoms with Crippen LogP contribution in [0.25, 0.3) is 0 Å². The highest BCUT2D eigenvalue weighted by Gasteiger charge is 2.74. The molecule has 0 aliphatic heterocycles. The van der Waals surface area contributed by atoms with Crippen LogP contribution in [-0.4, -0.2) is 48.3 Å². The molecule has 2 aromatic carbocycles. The molecule has 3 rings (SSSR count). The number of aliphatic hydroxyl groups excluding tert-OH is 2. The largest absolute Gasteiger partial charge is 0.395 e. The van der Waals surface area contributed by atoms with Gasteiger partial charge in [-0.2, -0.15) is 0 Å². The number of halogens is 4. The van der Waals surface area contributed by atoms with Crippen LogP contribution in [0.15, 0.2) is 54.3 Å². The number of rotatable bonds is 8. The number of hydrogen-bond acceptors (Lipinski definition) is 4. The van der Waals surface area contributed by atoms with Crippen molar-refractivity contribution in [2.75, 3.05) is 26.3 Å². The quantitative estimate of drug-likeness (QED) is 0.318. The number of aliphatic hydroxyl groups is 2. The molecule has 2 aromatic rings. The van der Waals surface area contributed by atoms with Gasteiger partial charge in [0.05, 0.1) is 13.2 Å². The zero-order chi connectivity index (χ0) is 22.8. The molecule has 0 aromatic heterocycles. The van der Waals surface area contributed by atoms with Gasteiger partial charge in [-0.15, -0.1) is 0 Å². The molecule has 1 fully saturated rings. The highest BCUT2D eigenvalue weighted by molar-refractivity contribution is 9.11. The van der Waals surface area contributed by atoms with Gasteiger partial charge in [0, 0.05) is 42.8 Å². The van der Waals surface area contributed by atoms with Gasteiger partial charge in [-0.3, -0.25) is 9.59 Å². The number of carbonyl (C=O) groups excluding carboxylic acids is 2. The third-order valence-corrected chi connectivity index (χ3v) is 7.07. The smallest absolute Gasteiger partial charge is 0.237 e. The van der Waals surface area contributed by atoms with Gasteiger partial charge >= 0.3 is 0 Å². The number of nitrogens with one attached hydrogen (secondary N) is 2. The van der Waals surface area contributed by atoms with Crippen molar-refractivity contribution in [2.45, 2.75) is 11.8 Å². The van der Waals surface area contributed by atoms with Crippen molar-refractivity contribution in [1.82, 2.24) is 10.6 Å². The molecule has 0 unspecified atom stereocenters. The van der Waals surface area contributed by atoms with E-state index in [2.05, 4.69) is 74.4 Å². The van der Waals surface area contributed by atoms with E-state index in [4.69, 9.17) is 0 Å². The predicted octanol–water partition coefficient (Wildman–Crippen LogP) is 3.82. The monoisotopic (exact) mass is 680 g/mol. The van der Waals surface area contributed by atoms with Gasteiger partial charge in [0.15, 0.2) is 0 Å². The number of benzene rings is 2. The maximum Gasteiger partial charge on any atom is 0.237 e. The molecule has 1 saturated carbocycles. The van der Waals surface area contributed by atoms with Crippen LogP contribution in [0.1, 0.15) is 23.0 Å². The van der Waals surface area contributed by atoms with E-state index in [0.717, 1.165) is 29.0 Å². The maximum absolute atomic E-state index is 13.4. The lowest BCUT2D eigenvalue weighted by Gasteiger charge is -2.18. The Bertz CT molecular complexity index is 881. The third kappa shape index (κ3) is 5.09. The normalized spacial score (nSPS) is 19.0. The Morgan fingerprint density at radius 3 is 1.32 bits per heavy atom. The highest BCUT2D eigenvalue weighted by atomic mass is 79.9. The molecule has 0 heterocycles. The van der Waals surface area contributed by atoms with Gasteiger partial charge in [0.25, 0.3) is 0 Å². The fraction of sp³-hybridized carbons (Fsp3) is 0.333. The molecule has 0 saturated heterocycles. The summed E-state index contributed by atoms with van der Waals surface area (Å²) in [6.07, 6.45) is 0. The molecule has 6 nitrogen and oxygen atoms in total. The van der Waals surface area contributed by atoms with Crippen molar-refractivity contribution in [1.29, 1.82) is 0 Å². The Balaban J connectivity index is 2.18. The molecule has 0 bridgehead atoms. The van der Waals surface area contributed by atoms with E-state index in [1.54, 1.807) is 0 Å². The minimum atomic E-state index is -1.43. The highest BCUT2D eigenvalue weighted by Crippen LogP contribution is 2.71. The lowest BCUT2D eigenvalue weighted by atomic mass is 9.94. The molecule has 1 aliphatic carbocycles. The number of hydrogen-bond donors (Lipinski definition) is 4. The van der Waals surface area contributed by atoms with Crippen LogP contribution >= 0.6 is 63.7 Å². The molecule has 0 radical (unpaired) electrons. The average Bonchev–Trinajstić information content (AvgIpc) is 3.40. The Kier molecular flexibility index (Phi) is 8.37. The third-order valence-electron chi connectivity index (χ3n) is 5.24. The molecular weight excluding hydrogens is 664 g/mol. The van der Waals surface area contributed by atoms with Crippen LogP contribution in [-0.2, 0) is 9.59 Å². The molecule has 4 N–H and O–H groups in total. The van der Waals surface area contributed by atoms with Gasteiger partial charge in [-0.25, -0.2) is 0 Å². The van der Waals surface area contributed by atoms with Crippen molar-refractivity contribution in [3.8, 4) is 0 Å². The molecule has 0 spiro atoms. The summed E-state index contributed by atoms with van der Waals surface area (Å²) in [5, 5.41) is 23.8. The Labute approximate surface area is 213 Å². The summed E-state index contributed by atoms with van der Waals surface area (Å²) < 4.78 is 3.27. The van der Waals surface area contributed by atoms with Crippen LogP contribution in [0.2, 0.25) is 0 Å². The summed E-state index contributed by atoms with van der Waals surface area (Å²) in [6.45, 7) is -0.393. The fourth-order valence-electron chi connectivity index (χ4n) is 4.11. The second kappa shape index (κ2) is 10.4. The van der Waals surface area contributed by atoms with Crippen molar-refractivity contribution in [3.63, 3.8) is 0 Å². The zero-order valence-electron chi connectivity index (χ0n) is 16.2. The van der Waals surface area contributed by atoms with Crippen LogP contribution in [0.5, 0.6) is 0 Å². The second-order valence-electron chi connectivity index (χ2n) is 7.19. The SMILES string of the molecule is O=C(NCCO)C1(C(=O)NCCO)[C@@H](c2cc(Br)cc(Br)c2)[C@@H]1c1cc(Br)cc(Br)c1. The minimum absolute atomic E-state index is 0.0393. The number of amides is 2. The van der Waals surface area contributed by atoms with Gasteiger partial charge in [0.1, 0.15) is 5.41 Å². The first kappa shape index (κ1) is 24.9.